The van der Waals surface area contributed by atoms with Crippen molar-refractivity contribution in [2.75, 3.05) is 0 Å². The fraction of sp³-hybridized carbons (Fsp3) is 0.222. The van der Waals surface area contributed by atoms with Crippen LogP contribution in [-0.4, -0.2) is 22.9 Å². The monoisotopic (exact) mass is 360 g/mol. The number of esters is 1. The molecule has 0 spiro atoms. The van der Waals surface area contributed by atoms with E-state index in [1.54, 1.807) is 6.92 Å². The number of hydrogen-bond acceptors (Lipinski definition) is 5. The number of rotatable bonds is 6. The number of benzene rings is 2. The minimum absolute atomic E-state index is 0.233. The van der Waals surface area contributed by atoms with Crippen molar-refractivity contribution in [1.29, 1.82) is 0 Å². The Labute approximate surface area is 148 Å². The molecule has 0 saturated carbocycles. The normalized spacial score (nSPS) is 12.7. The minimum Gasteiger partial charge on any atom is -0.449 e. The first-order valence-electron chi connectivity index (χ1n) is 7.80. The van der Waals surface area contributed by atoms with Crippen molar-refractivity contribution in [1.82, 2.24) is 5.32 Å². The molecule has 2 aromatic carbocycles. The number of nitro benzene ring substituents is 1. The molecular formula is C18H17FN2O5. The highest BCUT2D eigenvalue weighted by Gasteiger charge is 2.25. The van der Waals surface area contributed by atoms with E-state index in [0.717, 1.165) is 0 Å². The van der Waals surface area contributed by atoms with E-state index in [4.69, 9.17) is 4.74 Å². The summed E-state index contributed by atoms with van der Waals surface area (Å²) in [6, 6.07) is 10.5. The van der Waals surface area contributed by atoms with Crippen molar-refractivity contribution in [3.05, 3.63) is 75.6 Å². The Morgan fingerprint density at radius 3 is 2.35 bits per heavy atom. The number of para-hydroxylation sites is 1. The molecule has 7 nitrogen and oxygen atoms in total. The molecule has 1 amide bonds. The highest BCUT2D eigenvalue weighted by molar-refractivity contribution is 5.95. The molecule has 136 valence electrons. The Hall–Kier alpha value is -3.29. The third-order valence-corrected chi connectivity index (χ3v) is 3.70. The van der Waals surface area contributed by atoms with E-state index in [0.29, 0.717) is 5.56 Å². The fourth-order valence-corrected chi connectivity index (χ4v) is 2.25. The lowest BCUT2D eigenvalue weighted by atomic mass is 10.1. The molecule has 0 aliphatic heterocycles. The summed E-state index contributed by atoms with van der Waals surface area (Å²) in [6.45, 7) is 3.06. The maximum Gasteiger partial charge on any atom is 0.345 e. The van der Waals surface area contributed by atoms with Gasteiger partial charge in [0.15, 0.2) is 6.10 Å². The van der Waals surface area contributed by atoms with E-state index >= 15 is 0 Å². The topological polar surface area (TPSA) is 98.5 Å². The van der Waals surface area contributed by atoms with Crippen molar-refractivity contribution in [3.63, 3.8) is 0 Å². The zero-order chi connectivity index (χ0) is 19.3. The third-order valence-electron chi connectivity index (χ3n) is 3.70. The Morgan fingerprint density at radius 1 is 1.12 bits per heavy atom. The number of amides is 1. The number of carbonyl (C=O) groups excluding carboxylic acids is 2. The second-order valence-electron chi connectivity index (χ2n) is 5.60. The van der Waals surface area contributed by atoms with Crippen LogP contribution in [0.4, 0.5) is 10.1 Å². The average Bonchev–Trinajstić information content (AvgIpc) is 2.61. The van der Waals surface area contributed by atoms with E-state index in [-0.39, 0.29) is 11.4 Å². The zero-order valence-corrected chi connectivity index (χ0v) is 14.1. The van der Waals surface area contributed by atoms with E-state index in [9.17, 15) is 24.1 Å². The van der Waals surface area contributed by atoms with Crippen molar-refractivity contribution in [2.45, 2.75) is 26.0 Å². The quantitative estimate of drug-likeness (QED) is 0.485. The summed E-state index contributed by atoms with van der Waals surface area (Å²) >= 11 is 0. The molecule has 8 heteroatoms. The van der Waals surface area contributed by atoms with Gasteiger partial charge in [-0.2, -0.15) is 0 Å². The Morgan fingerprint density at radius 2 is 1.73 bits per heavy atom. The summed E-state index contributed by atoms with van der Waals surface area (Å²) in [7, 11) is 0. The molecule has 0 aromatic heterocycles. The van der Waals surface area contributed by atoms with Crippen molar-refractivity contribution in [2.24, 2.45) is 0 Å². The molecule has 0 aliphatic rings. The number of halogens is 1. The van der Waals surface area contributed by atoms with E-state index in [1.165, 1.54) is 55.5 Å². The lowest BCUT2D eigenvalue weighted by Crippen LogP contribution is -2.37. The standard InChI is InChI=1S/C18H17FN2O5/c1-11(13-7-9-14(19)10-8-13)20-17(22)12(2)26-18(23)15-5-3-4-6-16(15)21(24)25/h3-12H,1-2H3,(H,20,22). The average molecular weight is 360 g/mol. The number of nitrogens with one attached hydrogen (secondary N) is 1. The van der Waals surface area contributed by atoms with Gasteiger partial charge >= 0.3 is 5.97 Å². The molecular weight excluding hydrogens is 343 g/mol. The van der Waals surface area contributed by atoms with Gasteiger partial charge in [0.1, 0.15) is 11.4 Å². The summed E-state index contributed by atoms with van der Waals surface area (Å²) in [4.78, 5) is 34.6. The summed E-state index contributed by atoms with van der Waals surface area (Å²) in [5, 5.41) is 13.6. The molecule has 1 N–H and O–H groups in total. The smallest absolute Gasteiger partial charge is 0.345 e. The van der Waals surface area contributed by atoms with Gasteiger partial charge in [-0.25, -0.2) is 9.18 Å². The molecule has 0 fully saturated rings. The number of carbonyl (C=O) groups is 2. The van der Waals surface area contributed by atoms with E-state index < -0.39 is 34.6 Å². The zero-order valence-electron chi connectivity index (χ0n) is 14.1. The van der Waals surface area contributed by atoms with Crippen molar-refractivity contribution >= 4 is 17.6 Å². The molecule has 0 radical (unpaired) electrons. The Kier molecular flexibility index (Phi) is 6.00. The summed E-state index contributed by atoms with van der Waals surface area (Å²) in [5.41, 5.74) is 0.0468. The molecule has 0 aliphatic carbocycles. The van der Waals surface area contributed by atoms with Gasteiger partial charge in [0, 0.05) is 6.07 Å². The van der Waals surface area contributed by atoms with Gasteiger partial charge < -0.3 is 10.1 Å². The van der Waals surface area contributed by atoms with Gasteiger partial charge in [-0.15, -0.1) is 0 Å². The fourth-order valence-electron chi connectivity index (χ4n) is 2.25. The summed E-state index contributed by atoms with van der Waals surface area (Å²) in [5.74, 6) is -1.93. The lowest BCUT2D eigenvalue weighted by Gasteiger charge is -2.18. The number of nitro groups is 1. The first kappa shape index (κ1) is 19.0. The minimum atomic E-state index is -1.16. The van der Waals surface area contributed by atoms with Gasteiger partial charge in [0.2, 0.25) is 0 Å². The number of nitrogens with zero attached hydrogens (tertiary/aromatic N) is 1. The molecule has 2 unspecified atom stereocenters. The Balaban J connectivity index is 2.01. The number of hydrogen-bond donors (Lipinski definition) is 1. The van der Waals surface area contributed by atoms with Crippen LogP contribution in [0.3, 0.4) is 0 Å². The molecule has 2 rings (SSSR count). The highest BCUT2D eigenvalue weighted by Crippen LogP contribution is 2.19. The first-order chi connectivity index (χ1) is 12.3. The lowest BCUT2D eigenvalue weighted by molar-refractivity contribution is -0.385. The number of ether oxygens (including phenoxy) is 1. The van der Waals surface area contributed by atoms with Gasteiger partial charge in [-0.1, -0.05) is 24.3 Å². The van der Waals surface area contributed by atoms with Gasteiger partial charge in [0.25, 0.3) is 11.6 Å². The van der Waals surface area contributed by atoms with Crippen LogP contribution in [-0.2, 0) is 9.53 Å². The molecule has 0 bridgehead atoms. The summed E-state index contributed by atoms with van der Waals surface area (Å²) < 4.78 is 18.0. The largest absolute Gasteiger partial charge is 0.449 e. The molecule has 0 heterocycles. The van der Waals surface area contributed by atoms with Crippen LogP contribution in [0.5, 0.6) is 0 Å². The van der Waals surface area contributed by atoms with Crippen LogP contribution in [0.1, 0.15) is 35.8 Å². The van der Waals surface area contributed by atoms with Crippen molar-refractivity contribution in [3.8, 4) is 0 Å². The highest BCUT2D eigenvalue weighted by atomic mass is 19.1. The van der Waals surface area contributed by atoms with Crippen LogP contribution in [0.2, 0.25) is 0 Å². The second-order valence-corrected chi connectivity index (χ2v) is 5.60. The van der Waals surface area contributed by atoms with Crippen molar-refractivity contribution < 1.29 is 23.6 Å². The Bertz CT molecular complexity index is 823. The van der Waals surface area contributed by atoms with Crippen LogP contribution in [0.15, 0.2) is 48.5 Å². The maximum absolute atomic E-state index is 12.9. The van der Waals surface area contributed by atoms with Crippen LogP contribution in [0, 0.1) is 15.9 Å². The maximum atomic E-state index is 12.9. The van der Waals surface area contributed by atoms with Crippen LogP contribution >= 0.6 is 0 Å². The predicted molar refractivity (Wildman–Crippen MR) is 90.9 cm³/mol. The predicted octanol–water partition coefficient (Wildman–Crippen LogP) is 3.16. The van der Waals surface area contributed by atoms with Gasteiger partial charge in [-0.05, 0) is 37.6 Å². The molecule has 26 heavy (non-hydrogen) atoms. The second kappa shape index (κ2) is 8.19. The van der Waals surface area contributed by atoms with Crippen LogP contribution in [0.25, 0.3) is 0 Å². The van der Waals surface area contributed by atoms with E-state index in [1.807, 2.05) is 0 Å². The molecule has 2 atom stereocenters. The van der Waals surface area contributed by atoms with Gasteiger partial charge in [0.05, 0.1) is 11.0 Å². The molecule has 0 saturated heterocycles. The van der Waals surface area contributed by atoms with E-state index in [2.05, 4.69) is 5.32 Å². The first-order valence-corrected chi connectivity index (χ1v) is 7.80. The molecule has 2 aromatic rings. The van der Waals surface area contributed by atoms with Gasteiger partial charge in [-0.3, -0.25) is 14.9 Å². The van der Waals surface area contributed by atoms with Crippen LogP contribution < -0.4 is 5.32 Å². The third kappa shape index (κ3) is 4.62. The SMILES string of the molecule is CC(OC(=O)c1ccccc1[N+](=O)[O-])C(=O)NC(C)c1ccc(F)cc1. The summed E-state index contributed by atoms with van der Waals surface area (Å²) in [6.07, 6.45) is -1.16.